The molecule has 3 heterocycles. The van der Waals surface area contributed by atoms with E-state index in [1.165, 1.54) is 26.1 Å². The van der Waals surface area contributed by atoms with Crippen LogP contribution in [0.15, 0.2) is 36.5 Å². The topological polar surface area (TPSA) is 45.2 Å². The van der Waals surface area contributed by atoms with Gasteiger partial charge in [0.25, 0.3) is 0 Å². The molecule has 0 saturated carbocycles. The Morgan fingerprint density at radius 1 is 1.11 bits per heavy atom. The van der Waals surface area contributed by atoms with Crippen LogP contribution in [0.25, 0.3) is 10.1 Å². The van der Waals surface area contributed by atoms with E-state index in [1.807, 2.05) is 29.7 Å². The predicted octanol–water partition coefficient (Wildman–Crippen LogP) is 5.08. The van der Waals surface area contributed by atoms with Crippen molar-refractivity contribution in [1.29, 1.82) is 0 Å². The number of hydrogen-bond donors (Lipinski definition) is 1. The van der Waals surface area contributed by atoms with Crippen molar-refractivity contribution >= 4 is 38.8 Å². The fourth-order valence-corrected chi connectivity index (χ4v) is 4.89. The highest BCUT2D eigenvalue weighted by Crippen LogP contribution is 2.33. The number of carbonyl (C=O) groups excluding carboxylic acids is 1. The van der Waals surface area contributed by atoms with Gasteiger partial charge in [0.1, 0.15) is 5.82 Å². The highest BCUT2D eigenvalue weighted by molar-refractivity contribution is 7.19. The van der Waals surface area contributed by atoms with E-state index in [-0.39, 0.29) is 11.8 Å². The molecule has 4 rings (SSSR count). The summed E-state index contributed by atoms with van der Waals surface area (Å²) in [6.45, 7) is 7.98. The zero-order valence-electron chi connectivity index (χ0n) is 16.1. The number of piperidine rings is 1. The molecule has 3 aromatic rings. The van der Waals surface area contributed by atoms with Crippen molar-refractivity contribution in [1.82, 2.24) is 4.98 Å². The van der Waals surface area contributed by atoms with E-state index in [4.69, 9.17) is 0 Å². The molecule has 2 aromatic heterocycles. The molecule has 27 heavy (non-hydrogen) atoms. The van der Waals surface area contributed by atoms with Gasteiger partial charge in [0.05, 0.1) is 0 Å². The van der Waals surface area contributed by atoms with Gasteiger partial charge >= 0.3 is 0 Å². The summed E-state index contributed by atoms with van der Waals surface area (Å²) >= 11 is 1.81. The Morgan fingerprint density at radius 3 is 2.52 bits per heavy atom. The van der Waals surface area contributed by atoms with Crippen LogP contribution in [0, 0.1) is 26.7 Å². The monoisotopic (exact) mass is 379 g/mol. The molecule has 0 bridgehead atoms. The summed E-state index contributed by atoms with van der Waals surface area (Å²) in [7, 11) is 0. The number of nitrogens with zero attached hydrogens (tertiary/aromatic N) is 2. The molecule has 1 N–H and O–H groups in total. The van der Waals surface area contributed by atoms with E-state index >= 15 is 0 Å². The molecule has 0 spiro atoms. The van der Waals surface area contributed by atoms with Crippen molar-refractivity contribution in [2.45, 2.75) is 33.6 Å². The number of rotatable bonds is 3. The SMILES string of the molecule is Cc1cc(C)cc(NC(=O)C2CCN(c3nccc4sc(C)cc34)CC2)c1. The molecule has 0 unspecified atom stereocenters. The van der Waals surface area contributed by atoms with Crippen LogP contribution >= 0.6 is 11.3 Å². The first-order valence-corrected chi connectivity index (χ1v) is 10.3. The fourth-order valence-electron chi connectivity index (χ4n) is 3.97. The number of thiophene rings is 1. The number of benzene rings is 1. The van der Waals surface area contributed by atoms with Crippen LogP contribution in [0.2, 0.25) is 0 Å². The third-order valence-electron chi connectivity index (χ3n) is 5.20. The van der Waals surface area contributed by atoms with Crippen LogP contribution in [-0.4, -0.2) is 24.0 Å². The van der Waals surface area contributed by atoms with Gasteiger partial charge in [-0.15, -0.1) is 11.3 Å². The van der Waals surface area contributed by atoms with Gasteiger partial charge in [-0.1, -0.05) is 6.07 Å². The molecule has 1 aromatic carbocycles. The lowest BCUT2D eigenvalue weighted by molar-refractivity contribution is -0.120. The van der Waals surface area contributed by atoms with Crippen LogP contribution < -0.4 is 10.2 Å². The van der Waals surface area contributed by atoms with Gasteiger partial charge in [0.15, 0.2) is 0 Å². The van der Waals surface area contributed by atoms with Crippen molar-refractivity contribution in [2.75, 3.05) is 23.3 Å². The summed E-state index contributed by atoms with van der Waals surface area (Å²) in [6, 6.07) is 10.5. The average molecular weight is 380 g/mol. The molecule has 5 heteroatoms. The number of aryl methyl sites for hydroxylation is 3. The number of amides is 1. The molecular formula is C22H25N3OS. The molecule has 0 radical (unpaired) electrons. The maximum Gasteiger partial charge on any atom is 0.227 e. The third-order valence-corrected chi connectivity index (χ3v) is 6.22. The van der Waals surface area contributed by atoms with Gasteiger partial charge in [-0.25, -0.2) is 4.98 Å². The molecule has 1 aliphatic heterocycles. The quantitative estimate of drug-likeness (QED) is 0.690. The van der Waals surface area contributed by atoms with Gasteiger partial charge in [-0.2, -0.15) is 0 Å². The van der Waals surface area contributed by atoms with Crippen LogP contribution in [0.3, 0.4) is 0 Å². The van der Waals surface area contributed by atoms with E-state index in [2.05, 4.69) is 54.2 Å². The van der Waals surface area contributed by atoms with E-state index in [9.17, 15) is 4.79 Å². The lowest BCUT2D eigenvalue weighted by Gasteiger charge is -2.32. The van der Waals surface area contributed by atoms with Gasteiger partial charge < -0.3 is 10.2 Å². The van der Waals surface area contributed by atoms with Crippen molar-refractivity contribution in [3.05, 3.63) is 52.5 Å². The molecule has 0 atom stereocenters. The van der Waals surface area contributed by atoms with Gasteiger partial charge in [0.2, 0.25) is 5.91 Å². The molecule has 4 nitrogen and oxygen atoms in total. The summed E-state index contributed by atoms with van der Waals surface area (Å²) in [5.74, 6) is 1.26. The zero-order chi connectivity index (χ0) is 19.0. The Bertz CT molecular complexity index is 966. The molecule has 1 fully saturated rings. The molecule has 0 aliphatic carbocycles. The standard InChI is InChI=1S/C22H25N3OS/c1-14-10-15(2)12-18(11-14)24-22(26)17-5-8-25(9-6-17)21-19-13-16(3)27-20(19)4-7-23-21/h4,7,10-13,17H,5-6,8-9H2,1-3H3,(H,24,26). The Labute approximate surface area is 164 Å². The van der Waals surface area contributed by atoms with E-state index in [1.54, 1.807) is 0 Å². The van der Waals surface area contributed by atoms with E-state index in [0.29, 0.717) is 0 Å². The first-order valence-electron chi connectivity index (χ1n) is 9.49. The second-order valence-electron chi connectivity index (χ2n) is 7.53. The maximum atomic E-state index is 12.7. The van der Waals surface area contributed by atoms with Crippen molar-refractivity contribution in [3.8, 4) is 0 Å². The van der Waals surface area contributed by atoms with Crippen LogP contribution in [0.5, 0.6) is 0 Å². The van der Waals surface area contributed by atoms with Crippen molar-refractivity contribution in [3.63, 3.8) is 0 Å². The minimum atomic E-state index is 0.0606. The lowest BCUT2D eigenvalue weighted by atomic mass is 9.95. The molecule has 1 aliphatic rings. The molecule has 1 amide bonds. The minimum absolute atomic E-state index is 0.0606. The first-order chi connectivity index (χ1) is 13.0. The van der Waals surface area contributed by atoms with Crippen molar-refractivity contribution in [2.24, 2.45) is 5.92 Å². The van der Waals surface area contributed by atoms with Gasteiger partial charge in [0, 0.05) is 45.9 Å². The number of carbonyl (C=O) groups is 1. The maximum absolute atomic E-state index is 12.7. The van der Waals surface area contributed by atoms with Crippen LogP contribution in [0.4, 0.5) is 11.5 Å². The average Bonchev–Trinajstić information content (AvgIpc) is 3.01. The Kier molecular flexibility index (Phi) is 4.87. The summed E-state index contributed by atoms with van der Waals surface area (Å²) < 4.78 is 1.28. The molecular weight excluding hydrogens is 354 g/mol. The summed E-state index contributed by atoms with van der Waals surface area (Å²) in [6.07, 6.45) is 3.61. The molecule has 140 valence electrons. The lowest BCUT2D eigenvalue weighted by Crippen LogP contribution is -2.38. The third kappa shape index (κ3) is 3.83. The van der Waals surface area contributed by atoms with E-state index in [0.717, 1.165) is 37.4 Å². The van der Waals surface area contributed by atoms with Gasteiger partial charge in [-0.3, -0.25) is 4.79 Å². The predicted molar refractivity (Wildman–Crippen MR) is 114 cm³/mol. The Hall–Kier alpha value is -2.40. The zero-order valence-corrected chi connectivity index (χ0v) is 16.9. The molecule has 1 saturated heterocycles. The second-order valence-corrected chi connectivity index (χ2v) is 8.82. The Morgan fingerprint density at radius 2 is 1.81 bits per heavy atom. The first kappa shape index (κ1) is 18.0. The highest BCUT2D eigenvalue weighted by atomic mass is 32.1. The smallest absolute Gasteiger partial charge is 0.227 e. The van der Waals surface area contributed by atoms with E-state index < -0.39 is 0 Å². The second kappa shape index (κ2) is 7.31. The highest BCUT2D eigenvalue weighted by Gasteiger charge is 2.26. The summed E-state index contributed by atoms with van der Waals surface area (Å²) in [5.41, 5.74) is 3.25. The largest absolute Gasteiger partial charge is 0.356 e. The van der Waals surface area contributed by atoms with Crippen LogP contribution in [0.1, 0.15) is 28.8 Å². The summed E-state index contributed by atoms with van der Waals surface area (Å²) in [4.78, 5) is 21.0. The fraction of sp³-hybridized carbons (Fsp3) is 0.364. The number of nitrogens with one attached hydrogen (secondary N) is 1. The minimum Gasteiger partial charge on any atom is -0.356 e. The Balaban J connectivity index is 1.43. The number of aromatic nitrogens is 1. The van der Waals surface area contributed by atoms with Crippen molar-refractivity contribution < 1.29 is 4.79 Å². The number of fused-ring (bicyclic) bond motifs is 1. The normalized spacial score (nSPS) is 15.3. The van der Waals surface area contributed by atoms with Gasteiger partial charge in [-0.05, 0) is 69.0 Å². The number of anilines is 2. The summed E-state index contributed by atoms with van der Waals surface area (Å²) in [5, 5.41) is 4.34. The van der Waals surface area contributed by atoms with Crippen LogP contribution in [-0.2, 0) is 4.79 Å². The number of hydrogen-bond acceptors (Lipinski definition) is 4. The number of pyridine rings is 1.